The van der Waals surface area contributed by atoms with Crippen LogP contribution in [0.15, 0.2) is 0 Å². The number of urea groups is 1. The van der Waals surface area contributed by atoms with Gasteiger partial charge in [-0.25, -0.2) is 14.7 Å². The van der Waals surface area contributed by atoms with Gasteiger partial charge in [0.2, 0.25) is 5.91 Å². The monoisotopic (exact) mass is 383 g/mol. The predicted molar refractivity (Wildman–Crippen MR) is 90.1 cm³/mol. The van der Waals surface area contributed by atoms with Crippen molar-refractivity contribution < 1.29 is 29.1 Å². The summed E-state index contributed by atoms with van der Waals surface area (Å²) in [4.78, 5) is 50.9. The van der Waals surface area contributed by atoms with Gasteiger partial charge in [-0.1, -0.05) is 0 Å². The predicted octanol–water partition coefficient (Wildman–Crippen LogP) is -0.341. The van der Waals surface area contributed by atoms with Crippen molar-refractivity contribution in [3.05, 3.63) is 0 Å². The molecule has 0 aliphatic carbocycles. The Labute approximate surface area is 156 Å². The van der Waals surface area contributed by atoms with Gasteiger partial charge in [-0.2, -0.15) is 0 Å². The fourth-order valence-corrected chi connectivity index (χ4v) is 3.35. The highest BCUT2D eigenvalue weighted by molar-refractivity contribution is 5.90. The molecule has 27 heavy (non-hydrogen) atoms. The molecule has 2 atom stereocenters. The van der Waals surface area contributed by atoms with Crippen LogP contribution in [0.1, 0.15) is 33.6 Å². The summed E-state index contributed by atoms with van der Waals surface area (Å²) < 4.78 is 5.22. The lowest BCUT2D eigenvalue weighted by Crippen LogP contribution is -2.60. The van der Waals surface area contributed by atoms with E-state index in [1.54, 1.807) is 20.8 Å². The number of carbonyl (C=O) groups is 4. The zero-order valence-corrected chi connectivity index (χ0v) is 15.6. The highest BCUT2D eigenvalue weighted by atomic mass is 16.6. The first-order chi connectivity index (χ1) is 12.6. The number of piperidine rings is 1. The van der Waals surface area contributed by atoms with Crippen molar-refractivity contribution in [2.24, 2.45) is 5.92 Å². The molecule has 0 aromatic rings. The van der Waals surface area contributed by atoms with Gasteiger partial charge in [0.05, 0.1) is 12.0 Å². The maximum atomic E-state index is 12.3. The first-order valence-electron chi connectivity index (χ1n) is 8.93. The van der Waals surface area contributed by atoms with Gasteiger partial charge in [0.25, 0.3) is 5.91 Å². The molecular weight excluding hydrogens is 358 g/mol. The number of carbonyl (C=O) groups excluding carboxylic acids is 4. The Bertz CT molecular complexity index is 656. The van der Waals surface area contributed by atoms with E-state index in [2.05, 4.69) is 10.9 Å². The minimum Gasteiger partial charge on any atom is -0.444 e. The zero-order valence-electron chi connectivity index (χ0n) is 15.6. The van der Waals surface area contributed by atoms with E-state index in [0.29, 0.717) is 17.9 Å². The summed E-state index contributed by atoms with van der Waals surface area (Å²) in [6, 6.07) is -1.62. The van der Waals surface area contributed by atoms with E-state index >= 15 is 0 Å². The Balaban J connectivity index is 1.42. The second-order valence-electron chi connectivity index (χ2n) is 8.09. The van der Waals surface area contributed by atoms with E-state index in [9.17, 15) is 24.4 Å². The van der Waals surface area contributed by atoms with Crippen molar-refractivity contribution in [3.8, 4) is 0 Å². The largest absolute Gasteiger partial charge is 0.444 e. The minimum absolute atomic E-state index is 0.214. The van der Waals surface area contributed by atoms with E-state index in [0.717, 1.165) is 0 Å². The molecule has 11 heteroatoms. The topological polar surface area (TPSA) is 132 Å². The molecule has 2 bridgehead atoms. The van der Waals surface area contributed by atoms with Gasteiger partial charge >= 0.3 is 12.1 Å². The second-order valence-corrected chi connectivity index (χ2v) is 8.09. The Hall–Kier alpha value is -2.56. The third kappa shape index (κ3) is 3.92. The summed E-state index contributed by atoms with van der Waals surface area (Å²) in [5.74, 6) is -1.35. The Kier molecular flexibility index (Phi) is 4.89. The fourth-order valence-electron chi connectivity index (χ4n) is 3.35. The lowest BCUT2D eigenvalue weighted by Gasteiger charge is -2.38. The van der Waals surface area contributed by atoms with Crippen molar-refractivity contribution in [1.82, 2.24) is 25.7 Å². The molecule has 0 saturated carbocycles. The van der Waals surface area contributed by atoms with Crippen LogP contribution in [-0.4, -0.2) is 81.3 Å². The lowest BCUT2D eigenvalue weighted by atomic mass is 10.00. The molecule has 0 unspecified atom stereocenters. The molecule has 0 radical (unpaired) electrons. The number of ether oxygens (including phenoxy) is 1. The molecule has 3 fully saturated rings. The van der Waals surface area contributed by atoms with Crippen LogP contribution < -0.4 is 10.9 Å². The van der Waals surface area contributed by atoms with Gasteiger partial charge in [-0.3, -0.25) is 25.6 Å². The molecule has 0 aromatic heterocycles. The summed E-state index contributed by atoms with van der Waals surface area (Å²) >= 11 is 0. The van der Waals surface area contributed by atoms with Gasteiger partial charge in [0, 0.05) is 19.6 Å². The number of hydrogen-bond acceptors (Lipinski definition) is 6. The average Bonchev–Trinajstić information content (AvgIpc) is 2.74. The molecule has 11 nitrogen and oxygen atoms in total. The first kappa shape index (κ1) is 19.2. The molecule has 150 valence electrons. The number of fused-ring (bicyclic) bond motifs is 2. The maximum absolute atomic E-state index is 12.3. The third-order valence-electron chi connectivity index (χ3n) is 4.86. The highest BCUT2D eigenvalue weighted by Crippen LogP contribution is 2.28. The molecule has 5 amide bonds. The molecule has 3 N–H and O–H groups in total. The van der Waals surface area contributed by atoms with E-state index < -0.39 is 41.5 Å². The van der Waals surface area contributed by atoms with Gasteiger partial charge in [-0.15, -0.1) is 0 Å². The first-order valence-corrected chi connectivity index (χ1v) is 8.93. The summed E-state index contributed by atoms with van der Waals surface area (Å²) in [5, 5.41) is 10.3. The third-order valence-corrected chi connectivity index (χ3v) is 4.86. The van der Waals surface area contributed by atoms with Crippen LogP contribution in [0.25, 0.3) is 0 Å². The van der Waals surface area contributed by atoms with Crippen LogP contribution in [0.4, 0.5) is 9.59 Å². The number of rotatable bonds is 2. The van der Waals surface area contributed by atoms with Crippen molar-refractivity contribution in [3.63, 3.8) is 0 Å². The van der Waals surface area contributed by atoms with Crippen molar-refractivity contribution in [1.29, 1.82) is 0 Å². The van der Waals surface area contributed by atoms with E-state index in [1.807, 2.05) is 0 Å². The number of hydrazine groups is 1. The summed E-state index contributed by atoms with van der Waals surface area (Å²) in [6.45, 7) is 6.00. The molecule has 3 aliphatic rings. The number of amides is 5. The van der Waals surface area contributed by atoms with Crippen molar-refractivity contribution in [2.75, 3.05) is 19.6 Å². The molecular formula is C16H25N5O6. The second kappa shape index (κ2) is 6.87. The summed E-state index contributed by atoms with van der Waals surface area (Å²) in [6.07, 6.45) is 0.442. The van der Waals surface area contributed by atoms with Gasteiger partial charge < -0.3 is 14.5 Å². The van der Waals surface area contributed by atoms with Crippen molar-refractivity contribution in [2.45, 2.75) is 51.3 Å². The Morgan fingerprint density at radius 3 is 2.33 bits per heavy atom. The van der Waals surface area contributed by atoms with Crippen LogP contribution in [0.2, 0.25) is 0 Å². The number of likely N-dealkylation sites (tertiary alicyclic amines) is 1. The van der Waals surface area contributed by atoms with Crippen LogP contribution in [0.3, 0.4) is 0 Å². The number of nitrogens with one attached hydrogen (secondary N) is 2. The highest BCUT2D eigenvalue weighted by Gasteiger charge is 2.47. The van der Waals surface area contributed by atoms with E-state index in [-0.39, 0.29) is 25.7 Å². The van der Waals surface area contributed by atoms with Crippen LogP contribution in [-0.2, 0) is 14.3 Å². The zero-order chi connectivity index (χ0) is 19.9. The van der Waals surface area contributed by atoms with Gasteiger partial charge in [0.15, 0.2) is 0 Å². The Morgan fingerprint density at radius 1 is 1.07 bits per heavy atom. The van der Waals surface area contributed by atoms with Crippen molar-refractivity contribution >= 4 is 23.9 Å². The minimum atomic E-state index is -0.731. The average molecular weight is 383 g/mol. The fraction of sp³-hybridized carbons (Fsp3) is 0.750. The molecule has 3 saturated heterocycles. The van der Waals surface area contributed by atoms with Gasteiger partial charge in [0.1, 0.15) is 11.6 Å². The van der Waals surface area contributed by atoms with E-state index in [1.165, 1.54) is 9.80 Å². The Morgan fingerprint density at radius 2 is 1.70 bits per heavy atom. The smallest absolute Gasteiger partial charge is 0.410 e. The normalized spacial score (nSPS) is 25.2. The standard InChI is InChI=1S/C16H25N5O6/c1-16(2,3)27-15(25)19-6-9(7-19)12(22)17-18-13(23)11-5-4-10-8-20(11)14(24)21(10)26/h9-11,26H,4-8H2,1-3H3,(H,17,22)(H,18,23)/t10-,11+/m1/s1. The number of hydroxylamine groups is 2. The SMILES string of the molecule is CC(C)(C)OC(=O)N1CC(C(=O)NNC(=O)[C@@H]2CC[C@@H]3CN2C(=O)N3O)C1. The summed E-state index contributed by atoms with van der Waals surface area (Å²) in [5.41, 5.74) is 4.07. The maximum Gasteiger partial charge on any atom is 0.410 e. The molecule has 0 aromatic carbocycles. The lowest BCUT2D eigenvalue weighted by molar-refractivity contribution is -0.136. The molecule has 0 spiro atoms. The molecule has 3 aliphatic heterocycles. The van der Waals surface area contributed by atoms with Crippen LogP contribution >= 0.6 is 0 Å². The summed E-state index contributed by atoms with van der Waals surface area (Å²) in [7, 11) is 0. The quantitative estimate of drug-likeness (QED) is 0.442. The number of hydrogen-bond donors (Lipinski definition) is 3. The molecule has 3 rings (SSSR count). The molecule has 3 heterocycles. The van der Waals surface area contributed by atoms with Gasteiger partial charge in [-0.05, 0) is 33.6 Å². The van der Waals surface area contributed by atoms with E-state index in [4.69, 9.17) is 4.74 Å². The number of nitrogens with zero attached hydrogens (tertiary/aromatic N) is 3. The van der Waals surface area contributed by atoms with Crippen LogP contribution in [0, 0.1) is 5.92 Å². The van der Waals surface area contributed by atoms with Crippen LogP contribution in [0.5, 0.6) is 0 Å².